The number of para-hydroxylation sites is 1. The van der Waals surface area contributed by atoms with Crippen LogP contribution in [0.15, 0.2) is 29.2 Å². The third-order valence-corrected chi connectivity index (χ3v) is 4.40. The maximum Gasteiger partial charge on any atom is 0.410 e. The van der Waals surface area contributed by atoms with E-state index in [9.17, 15) is 13.2 Å². The summed E-state index contributed by atoms with van der Waals surface area (Å²) < 4.78 is 28.7. The molecule has 1 aliphatic heterocycles. The zero-order valence-corrected chi connectivity index (χ0v) is 14.5. The Balaban J connectivity index is 2.07. The van der Waals surface area contributed by atoms with Crippen molar-refractivity contribution in [2.75, 3.05) is 31.1 Å². The fraction of sp³-hybridized carbons (Fsp3) is 0.533. The minimum Gasteiger partial charge on any atom is -0.444 e. The highest BCUT2D eigenvalue weighted by molar-refractivity contribution is 7.89. The van der Waals surface area contributed by atoms with E-state index in [0.29, 0.717) is 31.9 Å². The lowest BCUT2D eigenvalue weighted by molar-refractivity contribution is 0.0240. The molecule has 0 saturated carbocycles. The van der Waals surface area contributed by atoms with E-state index in [4.69, 9.17) is 9.88 Å². The topological polar surface area (TPSA) is 92.9 Å². The zero-order chi connectivity index (χ0) is 17.3. The molecule has 0 unspecified atom stereocenters. The first-order valence-electron chi connectivity index (χ1n) is 7.43. The molecule has 128 valence electrons. The molecule has 0 spiro atoms. The van der Waals surface area contributed by atoms with E-state index in [1.165, 1.54) is 6.07 Å². The van der Waals surface area contributed by atoms with Crippen molar-refractivity contribution in [1.29, 1.82) is 0 Å². The summed E-state index contributed by atoms with van der Waals surface area (Å²) in [5.74, 6) is 0. The van der Waals surface area contributed by atoms with E-state index < -0.39 is 15.6 Å². The number of piperazine rings is 1. The number of primary sulfonamides is 1. The lowest BCUT2D eigenvalue weighted by atomic mass is 10.2. The first-order chi connectivity index (χ1) is 10.6. The summed E-state index contributed by atoms with van der Waals surface area (Å²) in [6, 6.07) is 6.62. The van der Waals surface area contributed by atoms with Gasteiger partial charge in [0.05, 0.1) is 5.69 Å². The second kappa shape index (κ2) is 6.37. The Morgan fingerprint density at radius 1 is 1.13 bits per heavy atom. The van der Waals surface area contributed by atoms with E-state index in [2.05, 4.69) is 0 Å². The summed E-state index contributed by atoms with van der Waals surface area (Å²) in [7, 11) is -3.78. The average Bonchev–Trinajstić information content (AvgIpc) is 2.45. The Bertz CT molecular complexity index is 674. The number of nitrogens with zero attached hydrogens (tertiary/aromatic N) is 2. The van der Waals surface area contributed by atoms with Gasteiger partial charge in [0.25, 0.3) is 0 Å². The lowest BCUT2D eigenvalue weighted by Gasteiger charge is -2.37. The minimum atomic E-state index is -3.78. The molecule has 2 N–H and O–H groups in total. The maximum atomic E-state index is 12.1. The van der Waals surface area contributed by atoms with Gasteiger partial charge in [0.15, 0.2) is 0 Å². The summed E-state index contributed by atoms with van der Waals surface area (Å²) in [4.78, 5) is 15.7. The smallest absolute Gasteiger partial charge is 0.410 e. The number of hydrogen-bond donors (Lipinski definition) is 1. The molecule has 1 aliphatic rings. The van der Waals surface area contributed by atoms with Crippen molar-refractivity contribution in [1.82, 2.24) is 4.90 Å². The molecule has 1 aromatic carbocycles. The molecular formula is C15H23N3O4S. The Hall–Kier alpha value is -1.80. The predicted octanol–water partition coefficient (Wildman–Crippen LogP) is 1.39. The fourth-order valence-corrected chi connectivity index (χ4v) is 3.17. The minimum absolute atomic E-state index is 0.103. The number of amides is 1. The third kappa shape index (κ3) is 4.59. The second-order valence-corrected chi connectivity index (χ2v) is 8.00. The van der Waals surface area contributed by atoms with Crippen LogP contribution in [-0.4, -0.2) is 51.2 Å². The zero-order valence-electron chi connectivity index (χ0n) is 13.7. The standard InChI is InChI=1S/C15H23N3O4S/c1-15(2,3)22-14(19)18-10-8-17(9-11-18)12-6-4-5-7-13(12)23(16,20)21/h4-7H,8-11H2,1-3H3,(H2,16,20,21). The van der Waals surface area contributed by atoms with Gasteiger partial charge in [-0.25, -0.2) is 18.4 Å². The van der Waals surface area contributed by atoms with Gasteiger partial charge in [-0.2, -0.15) is 0 Å². The van der Waals surface area contributed by atoms with E-state index in [1.807, 2.05) is 25.7 Å². The molecular weight excluding hydrogens is 318 g/mol. The highest BCUT2D eigenvalue weighted by Crippen LogP contribution is 2.25. The summed E-state index contributed by atoms with van der Waals surface area (Å²) in [5.41, 5.74) is 0.0351. The van der Waals surface area contributed by atoms with Crippen LogP contribution in [0.25, 0.3) is 0 Å². The highest BCUT2D eigenvalue weighted by atomic mass is 32.2. The molecule has 0 aromatic heterocycles. The number of carbonyl (C=O) groups excluding carboxylic acids is 1. The Morgan fingerprint density at radius 3 is 2.22 bits per heavy atom. The molecule has 1 fully saturated rings. The Morgan fingerprint density at radius 2 is 1.70 bits per heavy atom. The largest absolute Gasteiger partial charge is 0.444 e. The van der Waals surface area contributed by atoms with Crippen LogP contribution in [0, 0.1) is 0 Å². The molecule has 0 radical (unpaired) electrons. The number of ether oxygens (including phenoxy) is 1. The van der Waals surface area contributed by atoms with Crippen molar-refractivity contribution >= 4 is 21.8 Å². The SMILES string of the molecule is CC(C)(C)OC(=O)N1CCN(c2ccccc2S(N)(=O)=O)CC1. The number of nitrogens with two attached hydrogens (primary N) is 1. The van der Waals surface area contributed by atoms with E-state index in [1.54, 1.807) is 23.1 Å². The first-order valence-corrected chi connectivity index (χ1v) is 8.97. The molecule has 1 saturated heterocycles. The molecule has 2 rings (SSSR count). The lowest BCUT2D eigenvalue weighted by Crippen LogP contribution is -2.50. The summed E-state index contributed by atoms with van der Waals surface area (Å²) in [5, 5.41) is 5.27. The summed E-state index contributed by atoms with van der Waals surface area (Å²) in [6.45, 7) is 7.44. The number of benzene rings is 1. The molecule has 0 aliphatic carbocycles. The van der Waals surface area contributed by atoms with Gasteiger partial charge < -0.3 is 14.5 Å². The highest BCUT2D eigenvalue weighted by Gasteiger charge is 2.27. The average molecular weight is 341 g/mol. The molecule has 7 nitrogen and oxygen atoms in total. The van der Waals surface area contributed by atoms with Crippen LogP contribution in [0.5, 0.6) is 0 Å². The molecule has 1 heterocycles. The number of anilines is 1. The first kappa shape index (κ1) is 17.6. The van der Waals surface area contributed by atoms with Gasteiger partial charge in [-0.1, -0.05) is 12.1 Å². The number of hydrogen-bond acceptors (Lipinski definition) is 5. The van der Waals surface area contributed by atoms with Crippen molar-refractivity contribution < 1.29 is 17.9 Å². The van der Waals surface area contributed by atoms with Gasteiger partial charge in [-0.05, 0) is 32.9 Å². The normalized spacial score (nSPS) is 16.3. The van der Waals surface area contributed by atoms with Crippen molar-refractivity contribution in [3.8, 4) is 0 Å². The van der Waals surface area contributed by atoms with Crippen LogP contribution in [-0.2, 0) is 14.8 Å². The predicted molar refractivity (Wildman–Crippen MR) is 87.8 cm³/mol. The molecule has 0 bridgehead atoms. The van der Waals surface area contributed by atoms with Gasteiger partial charge in [0.1, 0.15) is 10.5 Å². The summed E-state index contributed by atoms with van der Waals surface area (Å²) in [6.07, 6.45) is -0.350. The Kier molecular flexibility index (Phi) is 4.86. The van der Waals surface area contributed by atoms with Crippen LogP contribution in [0.3, 0.4) is 0 Å². The monoisotopic (exact) mass is 341 g/mol. The van der Waals surface area contributed by atoms with Gasteiger partial charge >= 0.3 is 6.09 Å². The van der Waals surface area contributed by atoms with E-state index in [0.717, 1.165) is 0 Å². The fourth-order valence-electron chi connectivity index (χ4n) is 2.42. The van der Waals surface area contributed by atoms with Gasteiger partial charge in [0.2, 0.25) is 10.0 Å². The maximum absolute atomic E-state index is 12.1. The second-order valence-electron chi connectivity index (χ2n) is 6.47. The number of sulfonamides is 1. The van der Waals surface area contributed by atoms with Crippen LogP contribution in [0.1, 0.15) is 20.8 Å². The molecule has 1 aromatic rings. The van der Waals surface area contributed by atoms with E-state index >= 15 is 0 Å². The van der Waals surface area contributed by atoms with Crippen molar-refractivity contribution in [3.63, 3.8) is 0 Å². The van der Waals surface area contributed by atoms with Crippen molar-refractivity contribution in [2.45, 2.75) is 31.3 Å². The molecule has 23 heavy (non-hydrogen) atoms. The Labute approximate surface area is 137 Å². The number of carbonyl (C=O) groups is 1. The quantitative estimate of drug-likeness (QED) is 0.877. The van der Waals surface area contributed by atoms with Crippen LogP contribution in [0.4, 0.5) is 10.5 Å². The van der Waals surface area contributed by atoms with E-state index in [-0.39, 0.29) is 11.0 Å². The number of rotatable bonds is 2. The summed E-state index contributed by atoms with van der Waals surface area (Å²) >= 11 is 0. The molecule has 8 heteroatoms. The van der Waals surface area contributed by atoms with Crippen molar-refractivity contribution in [2.24, 2.45) is 5.14 Å². The molecule has 1 amide bonds. The van der Waals surface area contributed by atoms with Crippen LogP contribution < -0.4 is 10.0 Å². The third-order valence-electron chi connectivity index (χ3n) is 3.44. The van der Waals surface area contributed by atoms with Crippen LogP contribution in [0.2, 0.25) is 0 Å². The van der Waals surface area contributed by atoms with Gasteiger partial charge in [-0.15, -0.1) is 0 Å². The van der Waals surface area contributed by atoms with Crippen molar-refractivity contribution in [3.05, 3.63) is 24.3 Å². The van der Waals surface area contributed by atoms with Gasteiger partial charge in [-0.3, -0.25) is 0 Å². The molecule has 0 atom stereocenters. The van der Waals surface area contributed by atoms with Crippen LogP contribution >= 0.6 is 0 Å². The van der Waals surface area contributed by atoms with Gasteiger partial charge in [0, 0.05) is 26.2 Å².